The van der Waals surface area contributed by atoms with Crippen LogP contribution in [0.4, 0.5) is 5.69 Å². The quantitative estimate of drug-likeness (QED) is 0.343. The molecule has 0 atom stereocenters. The van der Waals surface area contributed by atoms with Crippen molar-refractivity contribution in [3.8, 4) is 5.88 Å². The van der Waals surface area contributed by atoms with Gasteiger partial charge in [-0.1, -0.05) is 72.3 Å². The van der Waals surface area contributed by atoms with E-state index in [1.54, 1.807) is 28.8 Å². The van der Waals surface area contributed by atoms with E-state index in [2.05, 4.69) is 15.5 Å². The third kappa shape index (κ3) is 5.68. The zero-order valence-corrected chi connectivity index (χ0v) is 19.1. The number of nitrogens with zero attached hydrogens (tertiary/aromatic N) is 3. The topological polar surface area (TPSA) is 96.1 Å². The molecule has 2 N–H and O–H groups in total. The molecule has 0 unspecified atom stereocenters. The van der Waals surface area contributed by atoms with Gasteiger partial charge in [0.25, 0.3) is 5.91 Å². The van der Waals surface area contributed by atoms with Crippen LogP contribution in [0, 0.1) is 0 Å². The van der Waals surface area contributed by atoms with Gasteiger partial charge in [0, 0.05) is 17.0 Å². The first kappa shape index (κ1) is 23.2. The summed E-state index contributed by atoms with van der Waals surface area (Å²) in [7, 11) is 0. The molecule has 2 amide bonds. The fraction of sp³-hybridized carbons (Fsp3) is 0.154. The Kier molecular flexibility index (Phi) is 7.34. The number of hydrogen-bond acceptors (Lipinski definition) is 4. The highest BCUT2D eigenvalue weighted by molar-refractivity contribution is 6.30. The van der Waals surface area contributed by atoms with Crippen molar-refractivity contribution in [2.45, 2.75) is 19.4 Å². The number of carbonyl (C=O) groups is 2. The van der Waals surface area contributed by atoms with Gasteiger partial charge in [0.15, 0.2) is 5.69 Å². The van der Waals surface area contributed by atoms with Crippen molar-refractivity contribution >= 4 is 40.0 Å². The highest BCUT2D eigenvalue weighted by Crippen LogP contribution is 2.38. The Morgan fingerprint density at radius 3 is 2.38 bits per heavy atom. The molecule has 4 rings (SSSR count). The zero-order valence-electron chi connectivity index (χ0n) is 18.3. The lowest BCUT2D eigenvalue weighted by Gasteiger charge is -2.07. The second-order valence-electron chi connectivity index (χ2n) is 7.75. The molecule has 0 aliphatic heterocycles. The van der Waals surface area contributed by atoms with Gasteiger partial charge in [-0.3, -0.25) is 9.59 Å². The van der Waals surface area contributed by atoms with Crippen LogP contribution in [0.5, 0.6) is 5.88 Å². The van der Waals surface area contributed by atoms with Crippen LogP contribution < -0.4 is 5.32 Å². The number of halogens is 1. The maximum Gasteiger partial charge on any atom is 0.283 e. The summed E-state index contributed by atoms with van der Waals surface area (Å²) in [6.45, 7) is 0.254. The number of azo groups is 1. The zero-order chi connectivity index (χ0) is 23.9. The maximum atomic E-state index is 12.2. The van der Waals surface area contributed by atoms with E-state index >= 15 is 0 Å². The van der Waals surface area contributed by atoms with Crippen LogP contribution >= 0.6 is 11.6 Å². The fourth-order valence-corrected chi connectivity index (χ4v) is 3.77. The molecule has 0 radical (unpaired) electrons. The number of carbonyl (C=O) groups excluding carboxylic acids is 2. The third-order valence-electron chi connectivity index (χ3n) is 5.36. The highest BCUT2D eigenvalue weighted by atomic mass is 35.5. The number of benzene rings is 3. The summed E-state index contributed by atoms with van der Waals surface area (Å²) >= 11 is 5.84. The summed E-state index contributed by atoms with van der Waals surface area (Å²) < 4.78 is 1.76. The minimum Gasteiger partial charge on any atom is -0.493 e. The van der Waals surface area contributed by atoms with Crippen molar-refractivity contribution in [3.05, 3.63) is 95.0 Å². The van der Waals surface area contributed by atoms with Gasteiger partial charge in [0.2, 0.25) is 11.8 Å². The first-order chi connectivity index (χ1) is 16.5. The molecule has 8 heteroatoms. The van der Waals surface area contributed by atoms with Gasteiger partial charge < -0.3 is 15.0 Å². The molecule has 4 aromatic rings. The Hall–Kier alpha value is -3.97. The lowest BCUT2D eigenvalue weighted by molar-refractivity contribution is -0.124. The first-order valence-corrected chi connectivity index (χ1v) is 11.2. The van der Waals surface area contributed by atoms with E-state index in [4.69, 9.17) is 11.6 Å². The molecule has 0 aliphatic carbocycles. The van der Waals surface area contributed by atoms with E-state index < -0.39 is 5.91 Å². The highest BCUT2D eigenvalue weighted by Gasteiger charge is 2.17. The molecule has 0 spiro atoms. The molecule has 0 bridgehead atoms. The van der Waals surface area contributed by atoms with Crippen LogP contribution in [-0.2, 0) is 29.0 Å². The standard InChI is InChI=1S/C26H23ClN4O3/c27-20-12-10-19(11-13-20)16-23(32)28-17-24(33)29-30-25-21-8-4-5-9-22(21)31(26(25)34)15-14-18-6-2-1-3-7-18/h1-13,34H,14-17H2,(H,28,32). The second-order valence-corrected chi connectivity index (χ2v) is 8.19. The molecular formula is C26H23ClN4O3. The number of aryl methyl sites for hydroxylation is 2. The van der Waals surface area contributed by atoms with E-state index in [9.17, 15) is 14.7 Å². The van der Waals surface area contributed by atoms with Gasteiger partial charge in [0.1, 0.15) is 6.54 Å². The minimum atomic E-state index is -0.620. The Morgan fingerprint density at radius 1 is 0.912 bits per heavy atom. The summed E-state index contributed by atoms with van der Waals surface area (Å²) in [4.78, 5) is 24.3. The predicted molar refractivity (Wildman–Crippen MR) is 131 cm³/mol. The summed E-state index contributed by atoms with van der Waals surface area (Å²) in [5.74, 6) is -0.989. The summed E-state index contributed by atoms with van der Waals surface area (Å²) in [5.41, 5.74) is 2.95. The van der Waals surface area contributed by atoms with Crippen LogP contribution in [0.2, 0.25) is 5.02 Å². The molecule has 172 valence electrons. The molecule has 34 heavy (non-hydrogen) atoms. The van der Waals surface area contributed by atoms with Crippen molar-refractivity contribution in [2.75, 3.05) is 6.54 Å². The van der Waals surface area contributed by atoms with Crippen molar-refractivity contribution in [1.29, 1.82) is 0 Å². The number of para-hydroxylation sites is 1. The Labute approximate surface area is 201 Å². The van der Waals surface area contributed by atoms with Crippen molar-refractivity contribution in [2.24, 2.45) is 10.2 Å². The summed E-state index contributed by atoms with van der Waals surface area (Å²) in [6.07, 6.45) is 0.847. The molecule has 7 nitrogen and oxygen atoms in total. The molecule has 1 aromatic heterocycles. The van der Waals surface area contributed by atoms with Gasteiger partial charge >= 0.3 is 0 Å². The number of hydrogen-bond donors (Lipinski definition) is 2. The number of aromatic hydroxyl groups is 1. The number of rotatable bonds is 8. The first-order valence-electron chi connectivity index (χ1n) is 10.8. The summed E-state index contributed by atoms with van der Waals surface area (Å²) in [6, 6.07) is 24.3. The van der Waals surface area contributed by atoms with Gasteiger partial charge in [0.05, 0.1) is 11.9 Å². The normalized spacial score (nSPS) is 11.2. The molecule has 0 fully saturated rings. The van der Waals surface area contributed by atoms with Crippen LogP contribution in [0.3, 0.4) is 0 Å². The SMILES string of the molecule is O=C(CNC(=O)Cc1ccc(Cl)cc1)N=Nc1c(O)n(CCc2ccccc2)c2ccccc12. The van der Waals surface area contributed by atoms with Crippen LogP contribution in [0.15, 0.2) is 89.1 Å². The largest absolute Gasteiger partial charge is 0.493 e. The number of fused-ring (bicyclic) bond motifs is 1. The van der Waals surface area contributed by atoms with E-state index in [-0.39, 0.29) is 30.4 Å². The van der Waals surface area contributed by atoms with Gasteiger partial charge in [-0.15, -0.1) is 10.2 Å². The van der Waals surface area contributed by atoms with Crippen molar-refractivity contribution in [1.82, 2.24) is 9.88 Å². The maximum absolute atomic E-state index is 12.2. The van der Waals surface area contributed by atoms with Crippen molar-refractivity contribution < 1.29 is 14.7 Å². The Morgan fingerprint density at radius 2 is 1.62 bits per heavy atom. The lowest BCUT2D eigenvalue weighted by atomic mass is 10.1. The monoisotopic (exact) mass is 474 g/mol. The second kappa shape index (κ2) is 10.8. The average molecular weight is 475 g/mol. The number of nitrogens with one attached hydrogen (secondary N) is 1. The van der Waals surface area contributed by atoms with Gasteiger partial charge in [-0.25, -0.2) is 0 Å². The molecular weight excluding hydrogens is 452 g/mol. The predicted octanol–water partition coefficient (Wildman–Crippen LogP) is 5.21. The molecule has 3 aromatic carbocycles. The van der Waals surface area contributed by atoms with E-state index in [1.807, 2.05) is 54.6 Å². The molecule has 0 aliphatic rings. The molecule has 0 saturated carbocycles. The average Bonchev–Trinajstić information content (AvgIpc) is 3.12. The number of amides is 2. The van der Waals surface area contributed by atoms with E-state index in [0.29, 0.717) is 17.0 Å². The summed E-state index contributed by atoms with van der Waals surface area (Å²) in [5, 5.41) is 22.4. The van der Waals surface area contributed by atoms with E-state index in [1.165, 1.54) is 0 Å². The van der Waals surface area contributed by atoms with Crippen LogP contribution in [-0.4, -0.2) is 28.0 Å². The van der Waals surface area contributed by atoms with E-state index in [0.717, 1.165) is 23.1 Å². The fourth-order valence-electron chi connectivity index (χ4n) is 3.65. The Balaban J connectivity index is 1.42. The van der Waals surface area contributed by atoms with Crippen LogP contribution in [0.25, 0.3) is 10.9 Å². The minimum absolute atomic E-state index is 0.0551. The van der Waals surface area contributed by atoms with Crippen LogP contribution in [0.1, 0.15) is 11.1 Å². The van der Waals surface area contributed by atoms with Gasteiger partial charge in [-0.2, -0.15) is 0 Å². The van der Waals surface area contributed by atoms with Gasteiger partial charge in [-0.05, 0) is 35.7 Å². The molecule has 1 heterocycles. The Bertz CT molecular complexity index is 1330. The third-order valence-corrected chi connectivity index (χ3v) is 5.61. The van der Waals surface area contributed by atoms with Crippen molar-refractivity contribution in [3.63, 3.8) is 0 Å². The lowest BCUT2D eigenvalue weighted by Crippen LogP contribution is -2.29. The smallest absolute Gasteiger partial charge is 0.283 e. The molecule has 0 saturated heterocycles. The number of aromatic nitrogens is 1.